The maximum absolute atomic E-state index is 13.0. The van der Waals surface area contributed by atoms with Crippen LogP contribution in [-0.4, -0.2) is 22.5 Å². The van der Waals surface area contributed by atoms with Gasteiger partial charge in [-0.15, -0.1) is 0 Å². The van der Waals surface area contributed by atoms with Gasteiger partial charge in [0, 0.05) is 28.4 Å². The quantitative estimate of drug-likeness (QED) is 0.403. The van der Waals surface area contributed by atoms with Crippen molar-refractivity contribution < 1.29 is 9.53 Å². The van der Waals surface area contributed by atoms with Crippen molar-refractivity contribution in [1.82, 2.24) is 9.97 Å². The molecule has 1 aliphatic carbocycles. The number of aromatic nitrogens is 2. The first-order valence-corrected chi connectivity index (χ1v) is 10.0. The van der Waals surface area contributed by atoms with Crippen LogP contribution in [0, 0.1) is 0 Å². The van der Waals surface area contributed by atoms with Gasteiger partial charge >= 0.3 is 5.97 Å². The predicted octanol–water partition coefficient (Wildman–Crippen LogP) is 5.69. The third-order valence-corrected chi connectivity index (χ3v) is 5.96. The van der Waals surface area contributed by atoms with Gasteiger partial charge in [-0.3, -0.25) is 0 Å². The summed E-state index contributed by atoms with van der Waals surface area (Å²) < 4.78 is 5.81. The van der Waals surface area contributed by atoms with Gasteiger partial charge in [0.25, 0.3) is 0 Å². The molecule has 4 nitrogen and oxygen atoms in total. The monoisotopic (exact) mass is 390 g/mol. The highest BCUT2D eigenvalue weighted by atomic mass is 16.5. The number of benzene rings is 3. The Morgan fingerprint density at radius 1 is 0.833 bits per heavy atom. The van der Waals surface area contributed by atoms with Crippen molar-refractivity contribution in [3.8, 4) is 11.1 Å². The summed E-state index contributed by atoms with van der Waals surface area (Å²) in [5, 5.41) is 2.05. The van der Waals surface area contributed by atoms with Crippen LogP contribution in [0.4, 0.5) is 0 Å². The normalized spacial score (nSPS) is 12.8. The molecule has 5 aromatic rings. The molecule has 3 aromatic carbocycles. The van der Waals surface area contributed by atoms with Crippen LogP contribution in [0.25, 0.3) is 32.9 Å². The molecule has 6 rings (SSSR count). The second-order valence-corrected chi connectivity index (χ2v) is 7.58. The van der Waals surface area contributed by atoms with E-state index in [1.807, 2.05) is 54.6 Å². The summed E-state index contributed by atoms with van der Waals surface area (Å²) in [7, 11) is 0. The van der Waals surface area contributed by atoms with E-state index in [-0.39, 0.29) is 12.5 Å². The number of ether oxygens (including phenoxy) is 1. The van der Waals surface area contributed by atoms with Crippen LogP contribution < -0.4 is 0 Å². The van der Waals surface area contributed by atoms with E-state index < -0.39 is 5.97 Å². The molecular formula is C26H18N2O2. The topological polar surface area (TPSA) is 55.0 Å². The number of para-hydroxylation sites is 1. The van der Waals surface area contributed by atoms with Crippen LogP contribution >= 0.6 is 0 Å². The van der Waals surface area contributed by atoms with Gasteiger partial charge in [-0.2, -0.15) is 0 Å². The molecule has 30 heavy (non-hydrogen) atoms. The molecular weight excluding hydrogens is 372 g/mol. The fourth-order valence-electron chi connectivity index (χ4n) is 4.60. The lowest BCUT2D eigenvalue weighted by Gasteiger charge is -2.14. The molecule has 0 spiro atoms. The minimum Gasteiger partial charge on any atom is -0.460 e. The zero-order valence-corrected chi connectivity index (χ0v) is 16.1. The molecule has 0 saturated heterocycles. The molecule has 0 radical (unpaired) electrons. The summed E-state index contributed by atoms with van der Waals surface area (Å²) in [6, 6.07) is 26.6. The number of aromatic amines is 1. The second-order valence-electron chi connectivity index (χ2n) is 7.58. The van der Waals surface area contributed by atoms with Gasteiger partial charge in [-0.05, 0) is 34.4 Å². The lowest BCUT2D eigenvalue weighted by atomic mass is 9.98. The molecule has 2 aromatic heterocycles. The van der Waals surface area contributed by atoms with E-state index in [4.69, 9.17) is 4.74 Å². The first kappa shape index (κ1) is 17.0. The summed E-state index contributed by atoms with van der Waals surface area (Å²) in [4.78, 5) is 20.7. The third kappa shape index (κ3) is 2.47. The number of nitrogens with zero attached hydrogens (tertiary/aromatic N) is 1. The highest BCUT2D eigenvalue weighted by molar-refractivity contribution is 6.12. The summed E-state index contributed by atoms with van der Waals surface area (Å²) in [6.45, 7) is 0.283. The lowest BCUT2D eigenvalue weighted by molar-refractivity contribution is 0.0489. The van der Waals surface area contributed by atoms with Crippen molar-refractivity contribution in [3.05, 3.63) is 102 Å². The molecule has 0 atom stereocenters. The number of fused-ring (bicyclic) bond motifs is 6. The molecule has 2 heterocycles. The van der Waals surface area contributed by atoms with Crippen LogP contribution in [0.15, 0.2) is 85.1 Å². The van der Waals surface area contributed by atoms with Crippen molar-refractivity contribution >= 4 is 27.8 Å². The van der Waals surface area contributed by atoms with Crippen LogP contribution in [0.1, 0.15) is 27.5 Å². The SMILES string of the molecule is O=C(OCC1c2ccccc2-c2ccccc21)c1nccc2c1[nH]c1ccccc12. The highest BCUT2D eigenvalue weighted by Crippen LogP contribution is 2.44. The summed E-state index contributed by atoms with van der Waals surface area (Å²) in [6.07, 6.45) is 1.67. The first-order chi connectivity index (χ1) is 14.8. The molecule has 0 saturated carbocycles. The summed E-state index contributed by atoms with van der Waals surface area (Å²) in [5.41, 5.74) is 6.84. The fraction of sp³-hybridized carbons (Fsp3) is 0.0769. The average Bonchev–Trinajstić information content (AvgIpc) is 3.33. The van der Waals surface area contributed by atoms with Gasteiger partial charge in [0.15, 0.2) is 5.69 Å². The number of rotatable bonds is 3. The number of carbonyl (C=O) groups is 1. The minimum absolute atomic E-state index is 0.0308. The number of nitrogens with one attached hydrogen (secondary N) is 1. The summed E-state index contributed by atoms with van der Waals surface area (Å²) >= 11 is 0. The van der Waals surface area contributed by atoms with Crippen molar-refractivity contribution in [1.29, 1.82) is 0 Å². The Kier molecular flexibility index (Phi) is 3.71. The Morgan fingerprint density at radius 3 is 2.27 bits per heavy atom. The lowest BCUT2D eigenvalue weighted by Crippen LogP contribution is -2.14. The van der Waals surface area contributed by atoms with Crippen molar-refractivity contribution in [3.63, 3.8) is 0 Å². The Bertz CT molecular complexity index is 1390. The number of H-pyrrole nitrogens is 1. The molecule has 0 bridgehead atoms. The van der Waals surface area contributed by atoms with E-state index in [9.17, 15) is 4.79 Å². The van der Waals surface area contributed by atoms with Crippen molar-refractivity contribution in [2.45, 2.75) is 5.92 Å². The molecule has 0 amide bonds. The minimum atomic E-state index is -0.408. The van der Waals surface area contributed by atoms with Gasteiger partial charge in [-0.25, -0.2) is 9.78 Å². The smallest absolute Gasteiger partial charge is 0.359 e. The predicted molar refractivity (Wildman–Crippen MR) is 118 cm³/mol. The highest BCUT2D eigenvalue weighted by Gasteiger charge is 2.29. The number of hydrogen-bond donors (Lipinski definition) is 1. The standard InChI is InChI=1S/C26H18N2O2/c29-26(25-24-21(13-14-27-25)20-11-5-6-12-23(20)28-24)30-15-22-18-9-3-1-7-16(18)17-8-2-4-10-19(17)22/h1-14,22,28H,15H2. The van der Waals surface area contributed by atoms with Crippen molar-refractivity contribution in [2.24, 2.45) is 0 Å². The molecule has 4 heteroatoms. The van der Waals surface area contributed by atoms with E-state index in [2.05, 4.69) is 34.2 Å². The number of carbonyl (C=O) groups excluding carboxylic acids is 1. The second kappa shape index (κ2) is 6.56. The van der Waals surface area contributed by atoms with Gasteiger partial charge in [0.1, 0.15) is 6.61 Å². The van der Waals surface area contributed by atoms with Crippen LogP contribution in [0.3, 0.4) is 0 Å². The van der Waals surface area contributed by atoms with E-state index in [0.29, 0.717) is 5.69 Å². The summed E-state index contributed by atoms with van der Waals surface area (Å²) in [5.74, 6) is -0.378. The van der Waals surface area contributed by atoms with Crippen LogP contribution in [-0.2, 0) is 4.74 Å². The Balaban J connectivity index is 1.34. The Labute approximate surface area is 173 Å². The maximum Gasteiger partial charge on any atom is 0.359 e. The number of pyridine rings is 1. The van der Waals surface area contributed by atoms with E-state index in [1.165, 1.54) is 22.3 Å². The van der Waals surface area contributed by atoms with Gasteiger partial charge in [-0.1, -0.05) is 66.7 Å². The molecule has 0 aliphatic heterocycles. The van der Waals surface area contributed by atoms with Crippen molar-refractivity contribution in [2.75, 3.05) is 6.61 Å². The first-order valence-electron chi connectivity index (χ1n) is 10.0. The molecule has 1 N–H and O–H groups in total. The van der Waals surface area contributed by atoms with Gasteiger partial charge in [0.05, 0.1) is 5.52 Å². The molecule has 144 valence electrons. The molecule has 0 unspecified atom stereocenters. The number of hydrogen-bond acceptors (Lipinski definition) is 3. The molecule has 0 fully saturated rings. The maximum atomic E-state index is 13.0. The Morgan fingerprint density at radius 2 is 1.50 bits per heavy atom. The number of esters is 1. The van der Waals surface area contributed by atoms with E-state index in [0.717, 1.165) is 21.8 Å². The molecule has 1 aliphatic rings. The largest absolute Gasteiger partial charge is 0.460 e. The van der Waals surface area contributed by atoms with Crippen LogP contribution in [0.5, 0.6) is 0 Å². The van der Waals surface area contributed by atoms with E-state index in [1.54, 1.807) is 6.20 Å². The van der Waals surface area contributed by atoms with E-state index >= 15 is 0 Å². The Hall–Kier alpha value is -3.92. The zero-order valence-electron chi connectivity index (χ0n) is 16.1. The fourth-order valence-corrected chi connectivity index (χ4v) is 4.60. The van der Waals surface area contributed by atoms with Crippen LogP contribution in [0.2, 0.25) is 0 Å². The van der Waals surface area contributed by atoms with Gasteiger partial charge < -0.3 is 9.72 Å². The van der Waals surface area contributed by atoms with Gasteiger partial charge in [0.2, 0.25) is 0 Å². The average molecular weight is 390 g/mol. The zero-order chi connectivity index (χ0) is 20.1. The third-order valence-electron chi connectivity index (χ3n) is 5.96.